The predicted molar refractivity (Wildman–Crippen MR) is 145 cm³/mol. The average Bonchev–Trinajstić information content (AvgIpc) is 3.06. The van der Waals surface area contributed by atoms with Gasteiger partial charge in [-0.1, -0.05) is 121 Å². The number of fused-ring (bicyclic) bond motifs is 2. The topological polar surface area (TPSA) is 0 Å². The van der Waals surface area contributed by atoms with E-state index in [2.05, 4.69) is 15.9 Å². The van der Waals surface area contributed by atoms with Gasteiger partial charge in [-0.15, -0.1) is 0 Å². The highest BCUT2D eigenvalue weighted by atomic mass is 79.9. The molecule has 0 saturated heterocycles. The van der Waals surface area contributed by atoms with E-state index in [0.29, 0.717) is 27.1 Å². The summed E-state index contributed by atoms with van der Waals surface area (Å²) in [5.74, 6) is 0. The van der Waals surface area contributed by atoms with Gasteiger partial charge in [0, 0.05) is 4.47 Å². The van der Waals surface area contributed by atoms with Crippen LogP contribution >= 0.6 is 15.9 Å². The van der Waals surface area contributed by atoms with E-state index < -0.39 is 95.2 Å². The third-order valence-electron chi connectivity index (χ3n) is 5.43. The normalized spacial score (nSPS) is 16.7. The van der Waals surface area contributed by atoms with Crippen LogP contribution in [0.1, 0.15) is 17.8 Å². The van der Waals surface area contributed by atoms with Crippen molar-refractivity contribution in [1.29, 1.82) is 0 Å². The van der Waals surface area contributed by atoms with Gasteiger partial charge in [-0.2, -0.15) is 0 Å². The first-order chi connectivity index (χ1) is 21.7. The zero-order valence-corrected chi connectivity index (χ0v) is 18.6. The molecule has 0 saturated carbocycles. The third-order valence-corrected chi connectivity index (χ3v) is 6.28. The van der Waals surface area contributed by atoms with Crippen molar-refractivity contribution in [3.8, 4) is 33.4 Å². The number of benzene rings is 6. The molecule has 0 nitrogen and oxygen atoms in total. The van der Waals surface area contributed by atoms with Gasteiger partial charge in [-0.05, 0) is 76.9 Å². The summed E-state index contributed by atoms with van der Waals surface area (Å²) < 4.78 is 113. The van der Waals surface area contributed by atoms with E-state index >= 15 is 0 Å². The van der Waals surface area contributed by atoms with Crippen LogP contribution in [0.3, 0.4) is 0 Å². The van der Waals surface area contributed by atoms with Crippen LogP contribution in [0.25, 0.3) is 54.9 Å². The van der Waals surface area contributed by atoms with Crippen LogP contribution in [0, 0.1) is 0 Å². The van der Waals surface area contributed by atoms with E-state index in [4.69, 9.17) is 15.1 Å². The minimum atomic E-state index is -0.695. The largest absolute Gasteiger partial charge is 0.0636 e. The van der Waals surface area contributed by atoms with E-state index in [1.165, 1.54) is 0 Å². The van der Waals surface area contributed by atoms with Crippen LogP contribution < -0.4 is 0 Å². The Morgan fingerprint density at radius 1 is 0.485 bits per heavy atom. The molecule has 0 atom stereocenters. The maximum atomic E-state index is 9.63. The maximum Gasteiger partial charge on any atom is 0.0636 e. The fourth-order valence-corrected chi connectivity index (χ4v) is 4.69. The molecule has 0 aliphatic heterocycles. The molecule has 0 aliphatic carbocycles. The molecular formula is C32H21Br. The summed E-state index contributed by atoms with van der Waals surface area (Å²) in [5, 5.41) is 2.54. The molecule has 156 valence electrons. The van der Waals surface area contributed by atoms with Crippen LogP contribution in [0.15, 0.2) is 132 Å². The second-order valence-electron chi connectivity index (χ2n) is 7.28. The van der Waals surface area contributed by atoms with Crippen molar-refractivity contribution >= 4 is 37.5 Å². The Morgan fingerprint density at radius 2 is 1.00 bits per heavy atom. The summed E-state index contributed by atoms with van der Waals surface area (Å²) >= 11 is 3.69. The van der Waals surface area contributed by atoms with Crippen LogP contribution in [-0.4, -0.2) is 0 Å². The molecule has 6 rings (SSSR count). The minimum Gasteiger partial charge on any atom is -0.0622 e. The van der Waals surface area contributed by atoms with Gasteiger partial charge in [0.25, 0.3) is 0 Å². The summed E-state index contributed by atoms with van der Waals surface area (Å²) in [5.41, 5.74) is -1.26. The van der Waals surface area contributed by atoms with Gasteiger partial charge < -0.3 is 0 Å². The van der Waals surface area contributed by atoms with Gasteiger partial charge in [0.1, 0.15) is 0 Å². The highest BCUT2D eigenvalue weighted by molar-refractivity contribution is 9.10. The van der Waals surface area contributed by atoms with Gasteiger partial charge in [-0.3, -0.25) is 0 Å². The molecule has 0 aromatic heterocycles. The van der Waals surface area contributed by atoms with Crippen molar-refractivity contribution in [3.63, 3.8) is 0 Å². The van der Waals surface area contributed by atoms with Crippen molar-refractivity contribution in [2.75, 3.05) is 0 Å². The van der Waals surface area contributed by atoms with E-state index in [-0.39, 0.29) is 11.1 Å². The van der Waals surface area contributed by atoms with Gasteiger partial charge in [0.15, 0.2) is 0 Å². The second-order valence-corrected chi connectivity index (χ2v) is 8.07. The first-order valence-electron chi connectivity index (χ1n) is 16.6. The lowest BCUT2D eigenvalue weighted by atomic mass is 9.86. The van der Waals surface area contributed by atoms with Crippen LogP contribution in [0.2, 0.25) is 0 Å². The molecule has 0 N–H and O–H groups in total. The minimum absolute atomic E-state index is 0.0822. The SMILES string of the molecule is [2H]c1c([2H])c([2H])c(-c2c([2H])c([2H])c(-c3c([2H])c([2H])c([2H])c([2H])c3[2H])c(-c3c4ccccc4c(Br)c4ccccc34)c2[2H])c([2H])c1[2H]. The van der Waals surface area contributed by atoms with Gasteiger partial charge in [0.2, 0.25) is 0 Å². The number of hydrogen-bond donors (Lipinski definition) is 0. The fourth-order valence-electron chi connectivity index (χ4n) is 4.00. The summed E-state index contributed by atoms with van der Waals surface area (Å²) in [6.07, 6.45) is 0. The third kappa shape index (κ3) is 3.46. The van der Waals surface area contributed by atoms with E-state index in [1.807, 2.05) is 24.3 Å². The first-order valence-corrected chi connectivity index (χ1v) is 10.9. The number of halogens is 1. The van der Waals surface area contributed by atoms with Crippen LogP contribution in [0.5, 0.6) is 0 Å². The molecule has 0 unspecified atom stereocenters. The molecule has 6 aromatic rings. The van der Waals surface area contributed by atoms with Crippen molar-refractivity contribution in [3.05, 3.63) is 132 Å². The maximum absolute atomic E-state index is 9.63. The number of rotatable bonds is 3. The highest BCUT2D eigenvalue weighted by Gasteiger charge is 2.17. The van der Waals surface area contributed by atoms with E-state index in [0.717, 1.165) is 4.47 Å². The zero-order chi connectivity index (χ0) is 33.5. The van der Waals surface area contributed by atoms with Crippen LogP contribution in [0.4, 0.5) is 0 Å². The second kappa shape index (κ2) is 8.35. The van der Waals surface area contributed by atoms with Crippen LogP contribution in [-0.2, 0) is 0 Å². The lowest BCUT2D eigenvalue weighted by Crippen LogP contribution is -1.92. The predicted octanol–water partition coefficient (Wildman–Crippen LogP) is 9.76. The molecule has 0 heterocycles. The summed E-state index contributed by atoms with van der Waals surface area (Å²) in [6, 6.07) is 5.90. The molecule has 0 aliphatic rings. The Hall–Kier alpha value is -3.68. The first kappa shape index (κ1) is 10.5. The van der Waals surface area contributed by atoms with Gasteiger partial charge >= 0.3 is 0 Å². The Balaban J connectivity index is 1.96. The smallest absolute Gasteiger partial charge is 0.0622 e. The zero-order valence-electron chi connectivity index (χ0n) is 30.0. The van der Waals surface area contributed by atoms with Crippen molar-refractivity contribution in [2.45, 2.75) is 0 Å². The van der Waals surface area contributed by atoms with Gasteiger partial charge in [0.05, 0.1) is 17.8 Å². The Morgan fingerprint density at radius 3 is 1.58 bits per heavy atom. The summed E-state index contributed by atoms with van der Waals surface area (Å²) in [4.78, 5) is 0. The van der Waals surface area contributed by atoms with E-state index in [1.54, 1.807) is 24.3 Å². The summed E-state index contributed by atoms with van der Waals surface area (Å²) in [7, 11) is 0. The molecule has 33 heavy (non-hydrogen) atoms. The number of hydrogen-bond acceptors (Lipinski definition) is 0. The average molecular weight is 499 g/mol. The van der Waals surface area contributed by atoms with Crippen molar-refractivity contribution < 1.29 is 17.8 Å². The fraction of sp³-hybridized carbons (Fsp3) is 0. The Bertz CT molecular complexity index is 2200. The standard InChI is InChI=1S/C32H21Br/c33-32-28-17-9-7-15-26(28)31(27-16-8-10-18-29(27)32)30-21-24(22-11-3-1-4-12-22)19-20-25(30)23-13-5-2-6-14-23/h1-21H/i1D,2D,3D,4D,5D,6D,11D,12D,13D,14D,19D,20D,21D. The van der Waals surface area contributed by atoms with E-state index in [9.17, 15) is 2.74 Å². The molecule has 0 bridgehead atoms. The molecular weight excluding hydrogens is 464 g/mol. The molecule has 0 radical (unpaired) electrons. The Labute approximate surface area is 220 Å². The highest BCUT2D eigenvalue weighted by Crippen LogP contribution is 2.45. The van der Waals surface area contributed by atoms with Crippen molar-refractivity contribution in [2.24, 2.45) is 0 Å². The molecule has 0 spiro atoms. The lowest BCUT2D eigenvalue weighted by Gasteiger charge is -2.18. The molecule has 6 aromatic carbocycles. The molecule has 0 fully saturated rings. The Kier molecular flexibility index (Phi) is 2.66. The van der Waals surface area contributed by atoms with Gasteiger partial charge in [-0.25, -0.2) is 0 Å². The molecule has 0 amide bonds. The molecule has 1 heteroatoms. The quantitative estimate of drug-likeness (QED) is 0.213. The lowest BCUT2D eigenvalue weighted by molar-refractivity contribution is 1.58. The monoisotopic (exact) mass is 497 g/mol. The summed E-state index contributed by atoms with van der Waals surface area (Å²) in [6.45, 7) is 0. The van der Waals surface area contributed by atoms with Crippen molar-refractivity contribution in [1.82, 2.24) is 0 Å².